The Bertz CT molecular complexity index is 1550. The standard InChI is InChI=1S/C22H18Cl2F3N3O6S.C5H11NO2/c1-11-5-12(3-4-16(11)18(31)28-20(2)10-35-37(34)30(20)19(32)33)17-9-21(36-29-17,22(25,26)27)13-6-14(23)8-15(24)7-13;1-5(2,3)8-4(6)7/h3-8H,9-10H2,1-2H3,(H,28,31)(H,32,33);1-3H3,(H2,6,7). The highest BCUT2D eigenvalue weighted by Gasteiger charge is 2.62. The van der Waals surface area contributed by atoms with E-state index in [-0.39, 0.29) is 39.1 Å². The van der Waals surface area contributed by atoms with Gasteiger partial charge in [0.2, 0.25) is 0 Å². The summed E-state index contributed by atoms with van der Waals surface area (Å²) in [7, 11) is 0. The third kappa shape index (κ3) is 8.17. The minimum atomic E-state index is -4.87. The molecule has 3 atom stereocenters. The van der Waals surface area contributed by atoms with Gasteiger partial charge in [-0.3, -0.25) is 8.98 Å². The Morgan fingerprint density at radius 1 is 1.13 bits per heavy atom. The van der Waals surface area contributed by atoms with Crippen LogP contribution in [0, 0.1) is 6.92 Å². The predicted octanol–water partition coefficient (Wildman–Crippen LogP) is 5.80. The molecule has 12 nitrogen and oxygen atoms in total. The number of aryl methyl sites for hydroxylation is 1. The van der Waals surface area contributed by atoms with E-state index in [9.17, 15) is 36.9 Å². The molecule has 0 aromatic heterocycles. The molecule has 2 aromatic carbocycles. The molecule has 0 bridgehead atoms. The summed E-state index contributed by atoms with van der Waals surface area (Å²) in [6.45, 7) is 7.81. The first-order valence-corrected chi connectivity index (χ1v) is 14.7. The predicted molar refractivity (Wildman–Crippen MR) is 158 cm³/mol. The first kappa shape index (κ1) is 35.9. The molecule has 2 aliphatic rings. The molecule has 3 amide bonds. The lowest BCUT2D eigenvalue weighted by Crippen LogP contribution is -2.58. The second kappa shape index (κ2) is 13.0. The third-order valence-electron chi connectivity index (χ3n) is 6.32. The van der Waals surface area contributed by atoms with Crippen molar-refractivity contribution in [3.8, 4) is 0 Å². The number of rotatable bonds is 4. The van der Waals surface area contributed by atoms with Crippen molar-refractivity contribution < 1.29 is 50.6 Å². The molecule has 4 N–H and O–H groups in total. The average molecular weight is 698 g/mol. The Morgan fingerprint density at radius 2 is 1.73 bits per heavy atom. The van der Waals surface area contributed by atoms with Crippen LogP contribution in [0.2, 0.25) is 10.0 Å². The minimum absolute atomic E-state index is 0.000963. The Balaban J connectivity index is 0.000000610. The first-order chi connectivity index (χ1) is 20.6. The van der Waals surface area contributed by atoms with Crippen molar-refractivity contribution in [3.63, 3.8) is 0 Å². The number of carboxylic acid groups (broad SMARTS) is 1. The number of amides is 3. The Kier molecular flexibility index (Phi) is 10.4. The number of nitrogens with two attached hydrogens (primary N) is 1. The largest absolute Gasteiger partial charge is 0.464 e. The van der Waals surface area contributed by atoms with Crippen LogP contribution in [0.25, 0.3) is 0 Å². The zero-order chi connectivity index (χ0) is 34.1. The normalized spacial score (nSPS) is 22.9. The van der Waals surface area contributed by atoms with E-state index >= 15 is 0 Å². The number of oxime groups is 1. The lowest BCUT2D eigenvalue weighted by molar-refractivity contribution is -0.275. The van der Waals surface area contributed by atoms with Crippen LogP contribution in [0.15, 0.2) is 41.6 Å². The van der Waals surface area contributed by atoms with Crippen LogP contribution < -0.4 is 11.1 Å². The van der Waals surface area contributed by atoms with Crippen LogP contribution in [-0.4, -0.2) is 61.5 Å². The van der Waals surface area contributed by atoms with E-state index < -0.39 is 58.8 Å². The number of carbonyl (C=O) groups is 3. The molecule has 246 valence electrons. The van der Waals surface area contributed by atoms with Gasteiger partial charge < -0.3 is 25.7 Å². The summed E-state index contributed by atoms with van der Waals surface area (Å²) in [6, 6.07) is 7.72. The number of ether oxygens (including phenoxy) is 1. The maximum Gasteiger partial charge on any atom is 0.435 e. The summed E-state index contributed by atoms with van der Waals surface area (Å²) < 4.78 is 64.4. The summed E-state index contributed by atoms with van der Waals surface area (Å²) in [5, 5.41) is 15.5. The number of primary amides is 1. The summed E-state index contributed by atoms with van der Waals surface area (Å²) in [6.07, 6.45) is -7.82. The monoisotopic (exact) mass is 696 g/mol. The van der Waals surface area contributed by atoms with Gasteiger partial charge in [0.25, 0.3) is 22.8 Å². The number of alkyl halides is 3. The number of nitrogens with zero attached hydrogens (tertiary/aromatic N) is 2. The molecule has 2 heterocycles. The summed E-state index contributed by atoms with van der Waals surface area (Å²) in [5.41, 5.74) is 0.261. The van der Waals surface area contributed by atoms with E-state index in [1.807, 2.05) is 0 Å². The molecule has 4 rings (SSSR count). The van der Waals surface area contributed by atoms with Crippen molar-refractivity contribution in [3.05, 3.63) is 68.7 Å². The molecule has 0 aliphatic carbocycles. The molecule has 0 spiro atoms. The zero-order valence-corrected chi connectivity index (χ0v) is 26.8. The van der Waals surface area contributed by atoms with E-state index in [1.165, 1.54) is 31.2 Å². The van der Waals surface area contributed by atoms with Gasteiger partial charge in [0.15, 0.2) is 5.66 Å². The quantitative estimate of drug-likeness (QED) is 0.360. The number of halogens is 5. The molecule has 0 radical (unpaired) electrons. The van der Waals surface area contributed by atoms with Crippen LogP contribution >= 0.6 is 23.2 Å². The molecule has 18 heteroatoms. The lowest BCUT2D eigenvalue weighted by atomic mass is 9.86. The Hall–Kier alpha value is -3.60. The van der Waals surface area contributed by atoms with Crippen molar-refractivity contribution >= 4 is 58.3 Å². The van der Waals surface area contributed by atoms with Gasteiger partial charge in [-0.05, 0) is 76.1 Å². The van der Waals surface area contributed by atoms with E-state index in [2.05, 4.69) is 15.2 Å². The van der Waals surface area contributed by atoms with Gasteiger partial charge in [-0.25, -0.2) is 13.8 Å². The lowest BCUT2D eigenvalue weighted by Gasteiger charge is -2.30. The molecule has 3 unspecified atom stereocenters. The molecule has 45 heavy (non-hydrogen) atoms. The average Bonchev–Trinajstić information content (AvgIpc) is 3.44. The van der Waals surface area contributed by atoms with Gasteiger partial charge in [0.1, 0.15) is 12.2 Å². The van der Waals surface area contributed by atoms with Gasteiger partial charge in [0, 0.05) is 27.6 Å². The number of benzene rings is 2. The Labute approximate surface area is 268 Å². The molecule has 1 fully saturated rings. The van der Waals surface area contributed by atoms with Crippen molar-refractivity contribution in [2.45, 2.75) is 64.1 Å². The maximum atomic E-state index is 14.2. The van der Waals surface area contributed by atoms with E-state index in [1.54, 1.807) is 27.7 Å². The number of carbonyl (C=O) groups excluding carboxylic acids is 2. The number of hydrogen-bond acceptors (Lipinski definition) is 8. The number of hydrogen-bond donors (Lipinski definition) is 3. The minimum Gasteiger partial charge on any atom is -0.464 e. The molecule has 2 aliphatic heterocycles. The zero-order valence-electron chi connectivity index (χ0n) is 24.5. The molecule has 1 saturated heterocycles. The van der Waals surface area contributed by atoms with Crippen molar-refractivity contribution in [1.29, 1.82) is 0 Å². The number of nitrogens with one attached hydrogen (secondary N) is 1. The van der Waals surface area contributed by atoms with Gasteiger partial charge in [-0.15, -0.1) is 0 Å². The van der Waals surface area contributed by atoms with Gasteiger partial charge in [-0.2, -0.15) is 17.5 Å². The van der Waals surface area contributed by atoms with Crippen molar-refractivity contribution in [2.24, 2.45) is 10.9 Å². The van der Waals surface area contributed by atoms with Crippen LogP contribution in [0.3, 0.4) is 0 Å². The highest BCUT2D eigenvalue weighted by molar-refractivity contribution is 7.78. The fraction of sp³-hybridized carbons (Fsp3) is 0.407. The second-order valence-corrected chi connectivity index (χ2v) is 13.0. The fourth-order valence-electron chi connectivity index (χ4n) is 4.36. The maximum absolute atomic E-state index is 14.2. The van der Waals surface area contributed by atoms with E-state index in [0.29, 0.717) is 9.87 Å². The smallest absolute Gasteiger partial charge is 0.435 e. The molecule has 2 aromatic rings. The van der Waals surface area contributed by atoms with Crippen LogP contribution in [0.5, 0.6) is 0 Å². The van der Waals surface area contributed by atoms with E-state index in [0.717, 1.165) is 12.1 Å². The summed E-state index contributed by atoms with van der Waals surface area (Å²) >= 11 is 9.55. The van der Waals surface area contributed by atoms with Gasteiger partial charge >= 0.3 is 18.4 Å². The molecular weight excluding hydrogens is 668 g/mol. The van der Waals surface area contributed by atoms with E-state index in [4.69, 9.17) is 38.0 Å². The van der Waals surface area contributed by atoms with Crippen LogP contribution in [0.4, 0.5) is 22.8 Å². The van der Waals surface area contributed by atoms with Gasteiger partial charge in [-0.1, -0.05) is 34.4 Å². The van der Waals surface area contributed by atoms with Crippen molar-refractivity contribution in [2.75, 3.05) is 6.61 Å². The molecule has 0 saturated carbocycles. The molecular formula is C27H29Cl2F3N4O8S. The highest BCUT2D eigenvalue weighted by atomic mass is 35.5. The fourth-order valence-corrected chi connectivity index (χ4v) is 5.88. The van der Waals surface area contributed by atoms with Crippen molar-refractivity contribution in [1.82, 2.24) is 9.62 Å². The second-order valence-electron chi connectivity index (χ2n) is 11.1. The summed E-state index contributed by atoms with van der Waals surface area (Å²) in [5.74, 6) is -0.705. The summed E-state index contributed by atoms with van der Waals surface area (Å²) in [4.78, 5) is 39.4. The van der Waals surface area contributed by atoms with Crippen LogP contribution in [-0.2, 0) is 30.6 Å². The third-order valence-corrected chi connectivity index (χ3v) is 7.93. The highest BCUT2D eigenvalue weighted by Crippen LogP contribution is 2.49. The SMILES string of the molecule is CC(C)(C)OC(N)=O.Cc1cc(C2=NOC(c3cc(Cl)cc(Cl)c3)(C(F)(F)F)C2)ccc1C(=O)NC1(C)COS(=O)N1C(=O)O. The van der Waals surface area contributed by atoms with Crippen LogP contribution in [0.1, 0.15) is 61.2 Å². The van der Waals surface area contributed by atoms with Gasteiger partial charge in [0.05, 0.1) is 5.71 Å². The topological polar surface area (TPSA) is 170 Å². The first-order valence-electron chi connectivity index (χ1n) is 12.9. The Morgan fingerprint density at radius 3 is 2.20 bits per heavy atom.